The van der Waals surface area contributed by atoms with Crippen molar-refractivity contribution in [2.45, 2.75) is 11.4 Å². The first-order chi connectivity index (χ1) is 9.81. The third kappa shape index (κ3) is 3.63. The summed E-state index contributed by atoms with van der Waals surface area (Å²) in [7, 11) is -4.44. The number of rotatable bonds is 4. The molecule has 0 fully saturated rings. The Morgan fingerprint density at radius 3 is 2.19 bits per heavy atom. The molecule has 0 bridgehead atoms. The molecule has 0 amide bonds. The summed E-state index contributed by atoms with van der Waals surface area (Å²) in [4.78, 5) is -1.20. The number of hydrogen-bond donors (Lipinski definition) is 1. The molecule has 112 valence electrons. The van der Waals surface area contributed by atoms with Gasteiger partial charge in [-0.05, 0) is 11.6 Å². The number of benzene rings is 2. The van der Waals surface area contributed by atoms with Crippen LogP contribution in [-0.4, -0.2) is 8.42 Å². The van der Waals surface area contributed by atoms with Gasteiger partial charge in [0, 0.05) is 23.2 Å². The van der Waals surface area contributed by atoms with Crippen LogP contribution in [0.1, 0.15) is 5.56 Å². The lowest BCUT2D eigenvalue weighted by Gasteiger charge is -2.10. The number of nitrogens with one attached hydrogen (secondary N) is 1. The molecule has 0 radical (unpaired) electrons. The van der Waals surface area contributed by atoms with Gasteiger partial charge in [0.05, 0.1) is 0 Å². The summed E-state index contributed by atoms with van der Waals surface area (Å²) >= 11 is 3.23. The Balaban J connectivity index is 2.30. The average Bonchev–Trinajstić information content (AvgIpc) is 2.36. The van der Waals surface area contributed by atoms with Crippen molar-refractivity contribution < 1.29 is 21.6 Å². The Kier molecular flexibility index (Phi) is 4.70. The zero-order valence-corrected chi connectivity index (χ0v) is 12.8. The molecule has 3 nitrogen and oxygen atoms in total. The Hall–Kier alpha value is -1.38. The fourth-order valence-corrected chi connectivity index (χ4v) is 3.22. The summed E-state index contributed by atoms with van der Waals surface area (Å²) < 4.78 is 66.4. The summed E-state index contributed by atoms with van der Waals surface area (Å²) in [6.07, 6.45) is 0. The molecule has 2 rings (SSSR count). The van der Waals surface area contributed by atoms with E-state index in [-0.39, 0.29) is 6.54 Å². The quantitative estimate of drug-likeness (QED) is 0.885. The molecule has 8 heteroatoms. The molecule has 0 heterocycles. The zero-order valence-electron chi connectivity index (χ0n) is 10.4. The van der Waals surface area contributed by atoms with E-state index in [1.165, 1.54) is 0 Å². The lowest BCUT2D eigenvalue weighted by molar-refractivity contribution is 0.493. The van der Waals surface area contributed by atoms with Gasteiger partial charge in [-0.3, -0.25) is 0 Å². The molecule has 0 spiro atoms. The summed E-state index contributed by atoms with van der Waals surface area (Å²) in [5.74, 6) is -4.14. The molecule has 2 aromatic rings. The highest BCUT2D eigenvalue weighted by Gasteiger charge is 2.25. The van der Waals surface area contributed by atoms with Gasteiger partial charge in [-0.1, -0.05) is 34.1 Å². The van der Waals surface area contributed by atoms with Crippen molar-refractivity contribution in [3.05, 3.63) is 63.9 Å². The lowest BCUT2D eigenvalue weighted by Crippen LogP contribution is -2.25. The first-order valence-electron chi connectivity index (χ1n) is 5.69. The summed E-state index contributed by atoms with van der Waals surface area (Å²) in [6.45, 7) is -0.167. The smallest absolute Gasteiger partial charge is 0.207 e. The standard InChI is InChI=1S/C13H9BrF3NO2S/c14-10-4-2-1-3-8(10)7-18-21(19,20)13-11(16)5-9(15)6-12(13)17/h1-6,18H,7H2. The Labute approximate surface area is 128 Å². The van der Waals surface area contributed by atoms with Gasteiger partial charge in [0.1, 0.15) is 17.5 Å². The van der Waals surface area contributed by atoms with E-state index < -0.39 is 32.4 Å². The minimum atomic E-state index is -4.44. The van der Waals surface area contributed by atoms with Crippen LogP contribution >= 0.6 is 15.9 Å². The second-order valence-corrected chi connectivity index (χ2v) is 6.67. The predicted molar refractivity (Wildman–Crippen MR) is 74.5 cm³/mol. The topological polar surface area (TPSA) is 46.2 Å². The molecule has 0 unspecified atom stereocenters. The van der Waals surface area contributed by atoms with E-state index in [1.54, 1.807) is 24.3 Å². The van der Waals surface area contributed by atoms with E-state index in [1.807, 2.05) is 0 Å². The molecule has 0 saturated carbocycles. The van der Waals surface area contributed by atoms with Crippen molar-refractivity contribution in [1.29, 1.82) is 0 Å². The van der Waals surface area contributed by atoms with Crippen molar-refractivity contribution in [1.82, 2.24) is 4.72 Å². The van der Waals surface area contributed by atoms with Gasteiger partial charge in [-0.2, -0.15) is 0 Å². The van der Waals surface area contributed by atoms with E-state index in [9.17, 15) is 21.6 Å². The van der Waals surface area contributed by atoms with Crippen molar-refractivity contribution in [3.8, 4) is 0 Å². The normalized spacial score (nSPS) is 11.6. The predicted octanol–water partition coefficient (Wildman–Crippen LogP) is 3.34. The maximum absolute atomic E-state index is 13.5. The van der Waals surface area contributed by atoms with Gasteiger partial charge in [-0.25, -0.2) is 26.3 Å². The van der Waals surface area contributed by atoms with Crippen LogP contribution in [0.25, 0.3) is 0 Å². The maximum atomic E-state index is 13.5. The SMILES string of the molecule is O=S(=O)(NCc1ccccc1Br)c1c(F)cc(F)cc1F. The highest BCUT2D eigenvalue weighted by atomic mass is 79.9. The molecule has 0 aliphatic heterocycles. The van der Waals surface area contributed by atoms with Crippen LogP contribution in [0.15, 0.2) is 45.8 Å². The van der Waals surface area contributed by atoms with Gasteiger partial charge in [0.15, 0.2) is 4.90 Å². The minimum Gasteiger partial charge on any atom is -0.207 e. The Morgan fingerprint density at radius 1 is 1.05 bits per heavy atom. The largest absolute Gasteiger partial charge is 0.246 e. The van der Waals surface area contributed by atoms with Crippen molar-refractivity contribution in [2.24, 2.45) is 0 Å². The first-order valence-corrected chi connectivity index (χ1v) is 7.96. The van der Waals surface area contributed by atoms with Crippen LogP contribution in [-0.2, 0) is 16.6 Å². The highest BCUT2D eigenvalue weighted by molar-refractivity contribution is 9.10. The van der Waals surface area contributed by atoms with Crippen molar-refractivity contribution in [2.75, 3.05) is 0 Å². The van der Waals surface area contributed by atoms with Gasteiger partial charge in [0.2, 0.25) is 10.0 Å². The van der Waals surface area contributed by atoms with Gasteiger partial charge >= 0.3 is 0 Å². The monoisotopic (exact) mass is 379 g/mol. The van der Waals surface area contributed by atoms with Gasteiger partial charge < -0.3 is 0 Å². The summed E-state index contributed by atoms with van der Waals surface area (Å²) in [5.41, 5.74) is 0.587. The molecule has 1 N–H and O–H groups in total. The molecule has 0 aliphatic rings. The highest BCUT2D eigenvalue weighted by Crippen LogP contribution is 2.21. The van der Waals surface area contributed by atoms with E-state index in [4.69, 9.17) is 0 Å². The van der Waals surface area contributed by atoms with Crippen LogP contribution < -0.4 is 4.72 Å². The summed E-state index contributed by atoms with van der Waals surface area (Å²) in [5, 5.41) is 0. The first kappa shape index (κ1) is 16.0. The lowest BCUT2D eigenvalue weighted by atomic mass is 10.2. The second kappa shape index (κ2) is 6.17. The fourth-order valence-electron chi connectivity index (χ4n) is 1.67. The van der Waals surface area contributed by atoms with Crippen LogP contribution in [0.4, 0.5) is 13.2 Å². The number of halogens is 4. The fraction of sp³-hybridized carbons (Fsp3) is 0.0769. The maximum Gasteiger partial charge on any atom is 0.246 e. The van der Waals surface area contributed by atoms with Gasteiger partial charge in [-0.15, -0.1) is 0 Å². The van der Waals surface area contributed by atoms with Crippen LogP contribution in [0, 0.1) is 17.5 Å². The van der Waals surface area contributed by atoms with Crippen LogP contribution in [0.2, 0.25) is 0 Å². The second-order valence-electron chi connectivity index (χ2n) is 4.11. The number of hydrogen-bond acceptors (Lipinski definition) is 2. The third-order valence-electron chi connectivity index (χ3n) is 2.64. The van der Waals surface area contributed by atoms with E-state index in [2.05, 4.69) is 20.7 Å². The third-order valence-corrected chi connectivity index (χ3v) is 4.87. The van der Waals surface area contributed by atoms with E-state index in [0.29, 0.717) is 22.2 Å². The Morgan fingerprint density at radius 2 is 1.62 bits per heavy atom. The van der Waals surface area contributed by atoms with E-state index in [0.717, 1.165) is 0 Å². The van der Waals surface area contributed by atoms with Crippen molar-refractivity contribution in [3.63, 3.8) is 0 Å². The molecule has 0 saturated heterocycles. The van der Waals surface area contributed by atoms with Gasteiger partial charge in [0.25, 0.3) is 0 Å². The van der Waals surface area contributed by atoms with Crippen molar-refractivity contribution >= 4 is 26.0 Å². The van der Waals surface area contributed by atoms with E-state index >= 15 is 0 Å². The number of sulfonamides is 1. The van der Waals surface area contributed by atoms with Crippen LogP contribution in [0.5, 0.6) is 0 Å². The Bertz CT molecular complexity index is 758. The zero-order chi connectivity index (χ0) is 15.6. The average molecular weight is 380 g/mol. The van der Waals surface area contributed by atoms with Crippen LogP contribution in [0.3, 0.4) is 0 Å². The molecule has 21 heavy (non-hydrogen) atoms. The summed E-state index contributed by atoms with van der Waals surface area (Å²) in [6, 6.07) is 7.40. The molecule has 0 aromatic heterocycles. The molecule has 2 aromatic carbocycles. The minimum absolute atomic E-state index is 0.167. The molecule has 0 aliphatic carbocycles. The molecular formula is C13H9BrF3NO2S. The molecule has 0 atom stereocenters. The molecular weight excluding hydrogens is 371 g/mol.